The molecule has 0 radical (unpaired) electrons. The van der Waals surface area contributed by atoms with E-state index in [0.29, 0.717) is 0 Å². The first-order valence-corrected chi connectivity index (χ1v) is 19.3. The Morgan fingerprint density at radius 3 is 2.13 bits per heavy atom. The van der Waals surface area contributed by atoms with Crippen molar-refractivity contribution < 1.29 is 80.1 Å². The lowest BCUT2D eigenvalue weighted by Gasteiger charge is -2.70. The number of carbonyl (C=O) groups excluding carboxylic acids is 5. The molecule has 1 saturated heterocycles. The van der Waals surface area contributed by atoms with Crippen molar-refractivity contribution in [1.82, 2.24) is 5.32 Å². The van der Waals surface area contributed by atoms with Crippen molar-refractivity contribution >= 4 is 29.8 Å². The molecule has 4 N–H and O–H groups in total. The fourth-order valence-corrected chi connectivity index (χ4v) is 9.93. The van der Waals surface area contributed by atoms with Gasteiger partial charge in [-0.15, -0.1) is 0 Å². The smallest absolute Gasteiger partial charge is 0.408 e. The number of esters is 3. The molecule has 60 heavy (non-hydrogen) atoms. The molecule has 3 fully saturated rings. The first-order chi connectivity index (χ1) is 31.6. The summed E-state index contributed by atoms with van der Waals surface area (Å²) in [7, 11) is 1.20. The van der Waals surface area contributed by atoms with E-state index in [0.717, 1.165) is 6.92 Å². The van der Waals surface area contributed by atoms with Gasteiger partial charge in [0, 0.05) is 44.6 Å². The van der Waals surface area contributed by atoms with Gasteiger partial charge >= 0.3 is 24.0 Å². The van der Waals surface area contributed by atoms with E-state index in [4.69, 9.17) is 40.8 Å². The molecule has 1 aliphatic heterocycles. The molecule has 15 nitrogen and oxygen atoms in total. The molecule has 0 aromatic heterocycles. The number of carbonyl (C=O) groups is 5. The number of nitrogens with one attached hydrogen (secondary N) is 1. The predicted octanol–water partition coefficient (Wildman–Crippen LogP) is 4.30. The van der Waals surface area contributed by atoms with Crippen LogP contribution in [0.4, 0.5) is 4.79 Å². The number of ether oxygens (including phenoxy) is 6. The minimum atomic E-state index is -4.09. The highest BCUT2D eigenvalue weighted by molar-refractivity contribution is 5.94. The minimum absolute atomic E-state index is 0.00922. The Morgan fingerprint density at radius 2 is 1.58 bits per heavy atom. The Kier molecular flexibility index (Phi) is 8.87. The van der Waals surface area contributed by atoms with Crippen molar-refractivity contribution in [3.63, 3.8) is 0 Å². The number of hydrogen-bond acceptors (Lipinski definition) is 14. The average molecular weight is 845 g/mol. The number of Topliss-reactive ketones (excluding diaryl/α,β-unsaturated/α-hetero) is 1. The maximum absolute atomic E-state index is 15.5. The van der Waals surface area contributed by atoms with E-state index in [2.05, 4.69) is 0 Å². The van der Waals surface area contributed by atoms with E-state index < -0.39 is 132 Å². The van der Waals surface area contributed by atoms with Crippen LogP contribution < -0.4 is 5.32 Å². The Morgan fingerprint density at radius 1 is 0.967 bits per heavy atom. The topological polar surface area (TPSA) is 213 Å². The Hall–Kier alpha value is -4.67. The van der Waals surface area contributed by atoms with E-state index in [-0.39, 0.29) is 35.3 Å². The summed E-state index contributed by atoms with van der Waals surface area (Å²) < 4.78 is 106. The van der Waals surface area contributed by atoms with Crippen molar-refractivity contribution in [3.05, 3.63) is 82.9 Å². The summed E-state index contributed by atoms with van der Waals surface area (Å²) in [6.07, 6.45) is -12.2. The number of aliphatic hydroxyl groups is 3. The van der Waals surface area contributed by atoms with Gasteiger partial charge < -0.3 is 49.1 Å². The van der Waals surface area contributed by atoms with Gasteiger partial charge in [-0.3, -0.25) is 9.59 Å². The van der Waals surface area contributed by atoms with Gasteiger partial charge in [-0.2, -0.15) is 0 Å². The number of rotatable bonds is 9. The van der Waals surface area contributed by atoms with Gasteiger partial charge in [-0.05, 0) is 70.2 Å². The molecule has 2 bridgehead atoms. The molecule has 2 aromatic rings. The second kappa shape index (κ2) is 15.7. The largest absolute Gasteiger partial charge is 0.456 e. The third kappa shape index (κ3) is 7.21. The Labute approximate surface area is 362 Å². The molecule has 11 atom stereocenters. The molecule has 1 amide bonds. The normalized spacial score (nSPS) is 37.1. The van der Waals surface area contributed by atoms with Crippen LogP contribution in [0, 0.1) is 16.7 Å². The first kappa shape index (κ1) is 34.0. The van der Waals surface area contributed by atoms with Gasteiger partial charge in [0.25, 0.3) is 0 Å². The summed E-state index contributed by atoms with van der Waals surface area (Å²) in [6.45, 7) is -3.67. The lowest BCUT2D eigenvalue weighted by Crippen LogP contribution is -2.85. The monoisotopic (exact) mass is 844 g/mol. The van der Waals surface area contributed by atoms with Gasteiger partial charge in [0.15, 0.2) is 17.5 Å². The van der Waals surface area contributed by atoms with Crippen molar-refractivity contribution in [2.45, 2.75) is 134 Å². The van der Waals surface area contributed by atoms with Crippen LogP contribution in [0.2, 0.25) is 0 Å². The number of ketones is 1. The van der Waals surface area contributed by atoms with Crippen molar-refractivity contribution in [2.24, 2.45) is 16.7 Å². The lowest BCUT2D eigenvalue weighted by molar-refractivity contribution is -0.383. The van der Waals surface area contributed by atoms with Crippen molar-refractivity contribution in [2.75, 3.05) is 13.7 Å². The van der Waals surface area contributed by atoms with Crippen LogP contribution in [0.25, 0.3) is 0 Å². The second-order valence-corrected chi connectivity index (χ2v) is 17.0. The van der Waals surface area contributed by atoms with Gasteiger partial charge in [-0.25, -0.2) is 14.4 Å². The summed E-state index contributed by atoms with van der Waals surface area (Å²) in [4.78, 5) is 71.0. The summed E-state index contributed by atoms with van der Waals surface area (Å²) in [6, 6.07) is 12.6. The van der Waals surface area contributed by atoms with E-state index in [9.17, 15) is 34.5 Å². The summed E-state index contributed by atoms with van der Waals surface area (Å²) in [5, 5.41) is 39.8. The zero-order valence-electron chi connectivity index (χ0n) is 43.3. The van der Waals surface area contributed by atoms with Crippen LogP contribution >= 0.6 is 0 Å². The minimum Gasteiger partial charge on any atom is -0.456 e. The summed E-state index contributed by atoms with van der Waals surface area (Å²) in [5.74, 6) is -5.75. The molecular formula is C45H57NO14. The number of methoxy groups -OCH3 is 1. The molecule has 4 aliphatic rings. The maximum atomic E-state index is 15.5. The fourth-order valence-electron chi connectivity index (χ4n) is 9.93. The predicted molar refractivity (Wildman–Crippen MR) is 213 cm³/mol. The molecule has 0 unspecified atom stereocenters. The van der Waals surface area contributed by atoms with Crippen LogP contribution in [-0.4, -0.2) is 112 Å². The number of hydrogen-bond donors (Lipinski definition) is 4. The van der Waals surface area contributed by atoms with Crippen molar-refractivity contribution in [1.29, 1.82) is 0 Å². The zero-order chi connectivity index (χ0) is 51.9. The fraction of sp³-hybridized carbons (Fsp3) is 0.578. The van der Waals surface area contributed by atoms with Gasteiger partial charge in [0.2, 0.25) is 0 Å². The van der Waals surface area contributed by atoms with Crippen LogP contribution in [0.3, 0.4) is 0 Å². The Bertz CT molecular complexity index is 2340. The number of fused-ring (bicyclic) bond motifs is 5. The molecule has 0 spiro atoms. The highest BCUT2D eigenvalue weighted by Crippen LogP contribution is 2.67. The summed E-state index contributed by atoms with van der Waals surface area (Å²) in [5.41, 5.74) is -13.6. The summed E-state index contributed by atoms with van der Waals surface area (Å²) >= 11 is 0. The molecule has 2 aromatic carbocycles. The van der Waals surface area contributed by atoms with Crippen LogP contribution in [0.5, 0.6) is 0 Å². The van der Waals surface area contributed by atoms with Crippen LogP contribution in [0.1, 0.15) is 109 Å². The molecule has 15 heteroatoms. The van der Waals surface area contributed by atoms with E-state index in [1.807, 2.05) is 5.32 Å². The number of benzene rings is 2. The average Bonchev–Trinajstić information content (AvgIpc) is 3.24. The lowest BCUT2D eigenvalue weighted by atomic mass is 9.42. The highest BCUT2D eigenvalue weighted by atomic mass is 16.6. The van der Waals surface area contributed by atoms with Gasteiger partial charge in [0.1, 0.15) is 35.1 Å². The maximum Gasteiger partial charge on any atom is 0.408 e. The number of aliphatic hydroxyl groups excluding tert-OH is 2. The van der Waals surface area contributed by atoms with Crippen LogP contribution in [-0.2, 0) is 42.8 Å². The molecule has 326 valence electrons. The highest BCUT2D eigenvalue weighted by Gasteiger charge is 2.81. The van der Waals surface area contributed by atoms with E-state index in [1.54, 1.807) is 25.1 Å². The zero-order valence-corrected chi connectivity index (χ0v) is 34.3. The molecule has 3 aliphatic carbocycles. The molecule has 6 rings (SSSR count). The third-order valence-electron chi connectivity index (χ3n) is 13.2. The van der Waals surface area contributed by atoms with Crippen LogP contribution in [0.15, 0.2) is 71.8 Å². The second-order valence-electron chi connectivity index (χ2n) is 17.0. The third-order valence-corrected chi connectivity index (χ3v) is 13.2. The Balaban J connectivity index is 1.49. The number of amides is 1. The van der Waals surface area contributed by atoms with E-state index in [1.165, 1.54) is 77.3 Å². The molecule has 1 heterocycles. The quantitative estimate of drug-likeness (QED) is 0.158. The van der Waals surface area contributed by atoms with Crippen molar-refractivity contribution in [3.8, 4) is 0 Å². The van der Waals surface area contributed by atoms with Gasteiger partial charge in [0.05, 0.1) is 35.6 Å². The standard InChI is InChI=1S/C45H57NO14/c1-24-28(57-38(52)32(49)31(26-17-13-11-14-18-26)46-39(53)60-40(3,4)5)21-44(54)36(58-37(51)27-19-15-12-16-20-27)34-43(9,35(50)33(55-10)30(24)41(44,6)7)29(48)22-42(8)45(34,23-56-42)59-25(2)47/h11-20,28-29,31-34,36,48-49,54H,21-23H2,1-10H3,(H,46,53)/t28-,29-,31-,32+,33+,34-,36-,42+,43+,44+,45+/m0/s1/i3D3,4D3,5D3. The molecular weight excluding hydrogens is 778 g/mol. The van der Waals surface area contributed by atoms with Gasteiger partial charge in [-0.1, -0.05) is 62.4 Å². The van der Waals surface area contributed by atoms with E-state index >= 15 is 4.79 Å². The SMILES string of the molecule is [2H]C([2H])([2H])C(OC(=O)N[C@@H](c1ccccc1)[C@@H](O)C(=O)O[C@H]1C[C@@]2(O)[C@@H](OC(=O)c3ccccc3)[C@H]3[C@](C)(C(=O)[C@H](OC)C(=C1C)C2(C)C)[C@@H](O)C[C@@]1(C)OC[C@@]31OC(C)=O)(C([2H])([2H])[2H])C([2H])([2H])[2H]. The molecule has 2 saturated carbocycles. The number of alkyl carbamates (subject to hydrolysis) is 1. The first-order valence-electron chi connectivity index (χ1n) is 23.8.